The van der Waals surface area contributed by atoms with Crippen molar-refractivity contribution in [3.05, 3.63) is 101 Å². The fourth-order valence-electron chi connectivity index (χ4n) is 6.36. The molecule has 2 fully saturated rings. The van der Waals surface area contributed by atoms with E-state index in [2.05, 4.69) is 27.2 Å². The third-order valence-corrected chi connectivity index (χ3v) is 8.98. The number of benzene rings is 3. The summed E-state index contributed by atoms with van der Waals surface area (Å²) in [6.45, 7) is 5.87. The lowest BCUT2D eigenvalue weighted by molar-refractivity contribution is -0.143. The Balaban J connectivity index is 1.30. The largest absolute Gasteiger partial charge is 0.416 e. The topological polar surface area (TPSA) is 35.6 Å². The molecular weight excluding hydrogens is 580 g/mol. The highest BCUT2D eigenvalue weighted by atomic mass is 19.4. The number of amides is 1. The summed E-state index contributed by atoms with van der Waals surface area (Å²) in [5, 5.41) is 3.07. The second-order valence-corrected chi connectivity index (χ2v) is 12.0. The molecule has 1 amide bonds. The number of nitrogens with zero attached hydrogens (tertiary/aromatic N) is 2. The highest BCUT2D eigenvalue weighted by Crippen LogP contribution is 2.40. The van der Waals surface area contributed by atoms with Crippen molar-refractivity contribution in [3.8, 4) is 0 Å². The Kier molecular flexibility index (Phi) is 9.30. The van der Waals surface area contributed by atoms with Crippen molar-refractivity contribution in [2.24, 2.45) is 0 Å². The minimum absolute atomic E-state index is 0.0848. The average molecular weight is 618 g/mol. The number of alkyl halides is 6. The fourth-order valence-corrected chi connectivity index (χ4v) is 6.36. The molecule has 1 saturated carbocycles. The summed E-state index contributed by atoms with van der Waals surface area (Å²) in [6.07, 6.45) is -6.00. The van der Waals surface area contributed by atoms with Crippen LogP contribution in [0.1, 0.15) is 72.8 Å². The minimum Gasteiger partial charge on any atom is -0.369 e. The van der Waals surface area contributed by atoms with Crippen LogP contribution in [0.5, 0.6) is 0 Å². The zero-order chi connectivity index (χ0) is 31.5. The molecule has 10 heteroatoms. The molecule has 1 heterocycles. The van der Waals surface area contributed by atoms with Gasteiger partial charge in [0.1, 0.15) is 0 Å². The highest BCUT2D eigenvalue weighted by Gasteiger charge is 2.40. The molecule has 3 aromatic carbocycles. The Hall–Kier alpha value is -3.53. The van der Waals surface area contributed by atoms with Gasteiger partial charge in [-0.15, -0.1) is 0 Å². The number of carbonyl (C=O) groups is 1. The van der Waals surface area contributed by atoms with E-state index in [-0.39, 0.29) is 11.6 Å². The number of carbonyl (C=O) groups excluding carboxylic acids is 1. The summed E-state index contributed by atoms with van der Waals surface area (Å²) >= 11 is 0. The summed E-state index contributed by atoms with van der Waals surface area (Å²) in [5.41, 5.74) is -0.667. The zero-order valence-electron chi connectivity index (χ0n) is 24.6. The monoisotopic (exact) mass is 617 g/mol. The Morgan fingerprint density at radius 1 is 0.795 bits per heavy atom. The molecule has 0 radical (unpaired) electrons. The molecule has 1 aliphatic carbocycles. The van der Waals surface area contributed by atoms with Crippen molar-refractivity contribution in [2.45, 2.75) is 69.4 Å². The van der Waals surface area contributed by atoms with E-state index in [0.717, 1.165) is 63.2 Å². The number of piperazine rings is 1. The van der Waals surface area contributed by atoms with Crippen LogP contribution in [0.15, 0.2) is 72.8 Å². The van der Waals surface area contributed by atoms with Crippen molar-refractivity contribution < 1.29 is 31.1 Å². The van der Waals surface area contributed by atoms with Gasteiger partial charge in [-0.05, 0) is 66.8 Å². The lowest BCUT2D eigenvalue weighted by Gasteiger charge is -2.40. The molecule has 236 valence electrons. The predicted molar refractivity (Wildman–Crippen MR) is 158 cm³/mol. The number of nitrogens with one attached hydrogen (secondary N) is 1. The summed E-state index contributed by atoms with van der Waals surface area (Å²) in [4.78, 5) is 18.3. The Labute approximate surface area is 254 Å². The van der Waals surface area contributed by atoms with Gasteiger partial charge in [0.05, 0.1) is 22.6 Å². The number of hydrogen-bond acceptors (Lipinski definition) is 3. The molecule has 2 aliphatic rings. The van der Waals surface area contributed by atoms with Crippen LogP contribution in [0.3, 0.4) is 0 Å². The lowest BCUT2D eigenvalue weighted by atomic mass is 9.76. The fraction of sp³-hybridized carbons (Fsp3) is 0.441. The number of hydrogen-bond donors (Lipinski definition) is 1. The second kappa shape index (κ2) is 12.8. The molecule has 5 rings (SSSR count). The van der Waals surface area contributed by atoms with Crippen LogP contribution in [0.4, 0.5) is 32.0 Å². The maximum atomic E-state index is 13.5. The first-order valence-corrected chi connectivity index (χ1v) is 15.1. The zero-order valence-corrected chi connectivity index (χ0v) is 24.6. The first kappa shape index (κ1) is 31.9. The third-order valence-electron chi connectivity index (χ3n) is 8.98. The van der Waals surface area contributed by atoms with Crippen molar-refractivity contribution in [1.29, 1.82) is 0 Å². The van der Waals surface area contributed by atoms with Gasteiger partial charge in [0, 0.05) is 38.4 Å². The Bertz CT molecular complexity index is 1380. The van der Waals surface area contributed by atoms with E-state index in [9.17, 15) is 31.1 Å². The van der Waals surface area contributed by atoms with E-state index in [1.54, 1.807) is 0 Å². The summed E-state index contributed by atoms with van der Waals surface area (Å²) in [6, 6.07) is 19.8. The molecule has 1 aliphatic heterocycles. The van der Waals surface area contributed by atoms with E-state index in [1.807, 2.05) is 42.5 Å². The Morgan fingerprint density at radius 2 is 1.36 bits per heavy atom. The lowest BCUT2D eigenvalue weighted by Crippen LogP contribution is -2.48. The minimum atomic E-state index is -4.98. The first-order chi connectivity index (χ1) is 20.8. The van der Waals surface area contributed by atoms with Gasteiger partial charge in [-0.1, -0.05) is 61.7 Å². The summed E-state index contributed by atoms with van der Waals surface area (Å²) < 4.78 is 80.7. The summed E-state index contributed by atoms with van der Waals surface area (Å²) in [5.74, 6) is -1.82. The van der Waals surface area contributed by atoms with Gasteiger partial charge in [0.2, 0.25) is 5.91 Å². The van der Waals surface area contributed by atoms with Gasteiger partial charge in [0.15, 0.2) is 0 Å². The molecule has 3 aromatic rings. The van der Waals surface area contributed by atoms with Crippen molar-refractivity contribution in [1.82, 2.24) is 10.2 Å². The van der Waals surface area contributed by atoms with E-state index in [0.29, 0.717) is 25.0 Å². The van der Waals surface area contributed by atoms with Crippen LogP contribution >= 0.6 is 0 Å². The molecule has 1 unspecified atom stereocenters. The SMILES string of the molecule is CC(C(=O)NC1(c2ccc(N3CCN(Cc4ccccc4)CC3)cc2)CCCCC1)c1cc(C(F)(F)F)cc(C(F)(F)F)c1. The molecule has 4 nitrogen and oxygen atoms in total. The molecule has 0 bridgehead atoms. The summed E-state index contributed by atoms with van der Waals surface area (Å²) in [7, 11) is 0. The first-order valence-electron chi connectivity index (χ1n) is 15.1. The number of anilines is 1. The van der Waals surface area contributed by atoms with Gasteiger partial charge in [-0.3, -0.25) is 9.69 Å². The standard InChI is InChI=1S/C34H37F6N3O/c1-24(26-20-28(33(35,36)37)22-29(21-26)34(38,39)40)31(44)41-32(14-6-3-7-15-32)27-10-12-30(13-11-27)43-18-16-42(17-19-43)23-25-8-4-2-5-9-25/h2,4-5,8-13,20-22,24H,3,6-7,14-19,23H2,1H3,(H,41,44). The Morgan fingerprint density at radius 3 is 1.91 bits per heavy atom. The van der Waals surface area contributed by atoms with Gasteiger partial charge in [-0.2, -0.15) is 26.3 Å². The van der Waals surface area contributed by atoms with E-state index >= 15 is 0 Å². The van der Waals surface area contributed by atoms with E-state index in [4.69, 9.17) is 0 Å². The highest BCUT2D eigenvalue weighted by molar-refractivity contribution is 5.84. The molecule has 44 heavy (non-hydrogen) atoms. The number of rotatable bonds is 7. The maximum Gasteiger partial charge on any atom is 0.416 e. The number of halogens is 6. The molecule has 1 saturated heterocycles. The predicted octanol–water partition coefficient (Wildman–Crippen LogP) is 8.13. The second-order valence-electron chi connectivity index (χ2n) is 12.0. The maximum absolute atomic E-state index is 13.5. The molecular formula is C34H37F6N3O. The third kappa shape index (κ3) is 7.39. The normalized spacial score (nSPS) is 18.6. The van der Waals surface area contributed by atoms with Gasteiger partial charge >= 0.3 is 12.4 Å². The van der Waals surface area contributed by atoms with Crippen LogP contribution in [-0.4, -0.2) is 37.0 Å². The van der Waals surface area contributed by atoms with Gasteiger partial charge in [0.25, 0.3) is 0 Å². The smallest absolute Gasteiger partial charge is 0.369 e. The van der Waals surface area contributed by atoms with Crippen LogP contribution in [0, 0.1) is 0 Å². The van der Waals surface area contributed by atoms with Crippen LogP contribution < -0.4 is 10.2 Å². The quantitative estimate of drug-likeness (QED) is 0.272. The van der Waals surface area contributed by atoms with Crippen molar-refractivity contribution in [2.75, 3.05) is 31.1 Å². The average Bonchev–Trinajstić information content (AvgIpc) is 3.01. The van der Waals surface area contributed by atoms with Crippen LogP contribution in [0.2, 0.25) is 0 Å². The molecule has 0 spiro atoms. The van der Waals surface area contributed by atoms with Crippen molar-refractivity contribution in [3.63, 3.8) is 0 Å². The van der Waals surface area contributed by atoms with E-state index < -0.39 is 40.8 Å². The molecule has 0 aromatic heterocycles. The van der Waals surface area contributed by atoms with Gasteiger partial charge in [-0.25, -0.2) is 0 Å². The van der Waals surface area contributed by atoms with Crippen LogP contribution in [0.25, 0.3) is 0 Å². The molecule has 1 N–H and O–H groups in total. The van der Waals surface area contributed by atoms with Crippen LogP contribution in [-0.2, 0) is 29.2 Å². The van der Waals surface area contributed by atoms with Gasteiger partial charge < -0.3 is 10.2 Å². The van der Waals surface area contributed by atoms with E-state index in [1.165, 1.54) is 12.5 Å². The van der Waals surface area contributed by atoms with Crippen molar-refractivity contribution >= 4 is 11.6 Å². The molecule has 1 atom stereocenters.